The van der Waals surface area contributed by atoms with Crippen LogP contribution in [0, 0.1) is 0 Å². The first-order chi connectivity index (χ1) is 10.7. The monoisotopic (exact) mass is 293 g/mol. The number of benzene rings is 2. The van der Waals surface area contributed by atoms with Crippen molar-refractivity contribution in [3.63, 3.8) is 0 Å². The molecule has 0 bridgehead atoms. The first-order valence-corrected chi connectivity index (χ1v) is 7.32. The predicted molar refractivity (Wildman–Crippen MR) is 88.5 cm³/mol. The summed E-state index contributed by atoms with van der Waals surface area (Å²) in [5.74, 6) is -0.929. The molecule has 112 valence electrons. The van der Waals surface area contributed by atoms with Crippen molar-refractivity contribution in [3.8, 4) is 0 Å². The fourth-order valence-electron chi connectivity index (χ4n) is 2.09. The zero-order valence-corrected chi connectivity index (χ0v) is 12.6. The Balaban J connectivity index is 2.00. The molecule has 0 aliphatic carbocycles. The number of carbonyl (C=O) groups is 2. The van der Waals surface area contributed by atoms with Gasteiger partial charge in [-0.05, 0) is 12.5 Å². The van der Waals surface area contributed by atoms with Crippen molar-refractivity contribution in [3.05, 3.63) is 77.9 Å². The zero-order valence-electron chi connectivity index (χ0n) is 12.6. The molecule has 0 aromatic heterocycles. The molecule has 2 aromatic rings. The highest BCUT2D eigenvalue weighted by atomic mass is 16.2. The number of nitrogens with zero attached hydrogens (tertiary/aromatic N) is 1. The SMILES string of the molecule is CCN(CC=Cc1ccccc1)C(=O)C(=O)c1ccccc1. The van der Waals surface area contributed by atoms with Crippen LogP contribution < -0.4 is 0 Å². The van der Waals surface area contributed by atoms with Gasteiger partial charge in [0, 0.05) is 18.7 Å². The molecule has 3 nitrogen and oxygen atoms in total. The van der Waals surface area contributed by atoms with Gasteiger partial charge in [0.1, 0.15) is 0 Å². The van der Waals surface area contributed by atoms with Crippen LogP contribution in [0.3, 0.4) is 0 Å². The van der Waals surface area contributed by atoms with Gasteiger partial charge in [-0.25, -0.2) is 0 Å². The van der Waals surface area contributed by atoms with Gasteiger partial charge >= 0.3 is 0 Å². The third-order valence-corrected chi connectivity index (χ3v) is 3.33. The maximum Gasteiger partial charge on any atom is 0.295 e. The highest BCUT2D eigenvalue weighted by molar-refractivity contribution is 6.42. The van der Waals surface area contributed by atoms with E-state index >= 15 is 0 Å². The van der Waals surface area contributed by atoms with Crippen LogP contribution in [-0.4, -0.2) is 29.7 Å². The van der Waals surface area contributed by atoms with Crippen molar-refractivity contribution in [1.29, 1.82) is 0 Å². The number of hydrogen-bond donors (Lipinski definition) is 0. The highest BCUT2D eigenvalue weighted by Gasteiger charge is 2.20. The fraction of sp³-hybridized carbons (Fsp3) is 0.158. The summed E-state index contributed by atoms with van der Waals surface area (Å²) >= 11 is 0. The van der Waals surface area contributed by atoms with Gasteiger partial charge in [0.15, 0.2) is 0 Å². The number of carbonyl (C=O) groups excluding carboxylic acids is 2. The molecule has 0 unspecified atom stereocenters. The Hall–Kier alpha value is -2.68. The summed E-state index contributed by atoms with van der Waals surface area (Å²) in [6.07, 6.45) is 3.85. The standard InChI is InChI=1S/C19H19NO2/c1-2-20(15-9-12-16-10-5-3-6-11-16)19(22)18(21)17-13-7-4-8-14-17/h3-14H,2,15H2,1H3. The Kier molecular flexibility index (Phi) is 5.66. The van der Waals surface area contributed by atoms with E-state index in [4.69, 9.17) is 0 Å². The Bertz CT molecular complexity index is 648. The van der Waals surface area contributed by atoms with Crippen LogP contribution in [0.4, 0.5) is 0 Å². The molecule has 22 heavy (non-hydrogen) atoms. The topological polar surface area (TPSA) is 37.4 Å². The number of likely N-dealkylation sites (N-methyl/N-ethyl adjacent to an activating group) is 1. The van der Waals surface area contributed by atoms with E-state index in [1.165, 1.54) is 4.90 Å². The lowest BCUT2D eigenvalue weighted by Gasteiger charge is -2.18. The van der Waals surface area contributed by atoms with Crippen LogP contribution in [0.1, 0.15) is 22.8 Å². The Morgan fingerprint density at radius 3 is 2.14 bits per heavy atom. The van der Waals surface area contributed by atoms with Gasteiger partial charge in [-0.15, -0.1) is 0 Å². The minimum atomic E-state index is -0.466. The van der Waals surface area contributed by atoms with Gasteiger partial charge in [0.05, 0.1) is 0 Å². The molecule has 3 heteroatoms. The molecule has 0 aliphatic rings. The molecule has 2 rings (SSSR count). The number of ketones is 1. The Morgan fingerprint density at radius 2 is 1.55 bits per heavy atom. The summed E-state index contributed by atoms with van der Waals surface area (Å²) in [5.41, 5.74) is 1.50. The van der Waals surface area contributed by atoms with Gasteiger partial charge in [0.25, 0.3) is 5.91 Å². The van der Waals surface area contributed by atoms with Crippen LogP contribution >= 0.6 is 0 Å². The second kappa shape index (κ2) is 7.93. The van der Waals surface area contributed by atoms with E-state index in [1.54, 1.807) is 24.3 Å². The van der Waals surface area contributed by atoms with Crippen LogP contribution in [-0.2, 0) is 4.79 Å². The summed E-state index contributed by atoms with van der Waals surface area (Å²) in [7, 11) is 0. The summed E-state index contributed by atoms with van der Waals surface area (Å²) < 4.78 is 0. The van der Waals surface area contributed by atoms with Gasteiger partial charge in [-0.1, -0.05) is 72.8 Å². The quantitative estimate of drug-likeness (QED) is 0.604. The summed E-state index contributed by atoms with van der Waals surface area (Å²) in [5, 5.41) is 0. The Labute approximate surface area is 130 Å². The summed E-state index contributed by atoms with van der Waals surface area (Å²) in [4.78, 5) is 26.0. The lowest BCUT2D eigenvalue weighted by Crippen LogP contribution is -2.36. The molecule has 0 spiro atoms. The van der Waals surface area contributed by atoms with E-state index in [9.17, 15) is 9.59 Å². The molecule has 0 fully saturated rings. The number of hydrogen-bond acceptors (Lipinski definition) is 2. The largest absolute Gasteiger partial charge is 0.332 e. The molecule has 0 saturated carbocycles. The molecule has 0 atom stereocenters. The average molecular weight is 293 g/mol. The van der Waals surface area contributed by atoms with Crippen molar-refractivity contribution in [2.45, 2.75) is 6.92 Å². The van der Waals surface area contributed by atoms with Crippen molar-refractivity contribution in [2.75, 3.05) is 13.1 Å². The van der Waals surface area contributed by atoms with Crippen molar-refractivity contribution < 1.29 is 9.59 Å². The molecule has 0 radical (unpaired) electrons. The van der Waals surface area contributed by atoms with Crippen LogP contribution in [0.25, 0.3) is 6.08 Å². The zero-order chi connectivity index (χ0) is 15.8. The molecule has 0 N–H and O–H groups in total. The first-order valence-electron chi connectivity index (χ1n) is 7.32. The molecule has 0 aliphatic heterocycles. The molecule has 0 heterocycles. The normalized spacial score (nSPS) is 10.6. The maximum atomic E-state index is 12.3. The first kappa shape index (κ1) is 15.7. The van der Waals surface area contributed by atoms with E-state index in [2.05, 4.69) is 0 Å². The van der Waals surface area contributed by atoms with Crippen molar-refractivity contribution in [1.82, 2.24) is 4.90 Å². The minimum absolute atomic E-state index is 0.419. The lowest BCUT2D eigenvalue weighted by molar-refractivity contribution is -0.125. The number of Topliss-reactive ketones (excluding diaryl/α,β-unsaturated/α-hetero) is 1. The van der Waals surface area contributed by atoms with Crippen LogP contribution in [0.15, 0.2) is 66.7 Å². The number of amides is 1. The highest BCUT2D eigenvalue weighted by Crippen LogP contribution is 2.05. The summed E-state index contributed by atoms with van der Waals surface area (Å²) in [6.45, 7) is 2.78. The van der Waals surface area contributed by atoms with E-state index in [1.807, 2.05) is 55.5 Å². The maximum absolute atomic E-state index is 12.3. The van der Waals surface area contributed by atoms with Crippen molar-refractivity contribution >= 4 is 17.8 Å². The molecule has 0 saturated heterocycles. The smallest absolute Gasteiger partial charge is 0.295 e. The van der Waals surface area contributed by atoms with Crippen LogP contribution in [0.5, 0.6) is 0 Å². The van der Waals surface area contributed by atoms with E-state index in [-0.39, 0.29) is 0 Å². The molecular formula is C19H19NO2. The summed E-state index contributed by atoms with van der Waals surface area (Å²) in [6, 6.07) is 18.5. The average Bonchev–Trinajstić information content (AvgIpc) is 2.59. The number of rotatable bonds is 6. The second-order valence-electron chi connectivity index (χ2n) is 4.85. The van der Waals surface area contributed by atoms with Gasteiger partial charge < -0.3 is 4.90 Å². The predicted octanol–water partition coefficient (Wildman–Crippen LogP) is 3.43. The third-order valence-electron chi connectivity index (χ3n) is 3.33. The lowest BCUT2D eigenvalue weighted by atomic mass is 10.1. The fourth-order valence-corrected chi connectivity index (χ4v) is 2.09. The van der Waals surface area contributed by atoms with E-state index in [0.29, 0.717) is 18.7 Å². The van der Waals surface area contributed by atoms with Crippen LogP contribution in [0.2, 0.25) is 0 Å². The molecule has 1 amide bonds. The second-order valence-corrected chi connectivity index (χ2v) is 4.85. The molecular weight excluding hydrogens is 274 g/mol. The van der Waals surface area contributed by atoms with Crippen molar-refractivity contribution in [2.24, 2.45) is 0 Å². The van der Waals surface area contributed by atoms with E-state index < -0.39 is 11.7 Å². The molecule has 2 aromatic carbocycles. The Morgan fingerprint density at radius 1 is 0.955 bits per heavy atom. The van der Waals surface area contributed by atoms with Gasteiger partial charge in [-0.2, -0.15) is 0 Å². The van der Waals surface area contributed by atoms with E-state index in [0.717, 1.165) is 5.56 Å². The minimum Gasteiger partial charge on any atom is -0.332 e. The third kappa shape index (κ3) is 4.16. The van der Waals surface area contributed by atoms with Gasteiger partial charge in [0.2, 0.25) is 5.78 Å². The van der Waals surface area contributed by atoms with Gasteiger partial charge in [-0.3, -0.25) is 9.59 Å².